The van der Waals surface area contributed by atoms with Crippen molar-refractivity contribution in [3.8, 4) is 6.07 Å². The van der Waals surface area contributed by atoms with Gasteiger partial charge in [0.2, 0.25) is 0 Å². The Hall–Kier alpha value is -2.92. The third-order valence-electron chi connectivity index (χ3n) is 3.26. The maximum atomic E-state index is 12.5. The van der Waals surface area contributed by atoms with Gasteiger partial charge in [0.25, 0.3) is 10.0 Å². The molecule has 0 saturated heterocycles. The number of aromatic nitrogens is 3. The molecule has 23 heavy (non-hydrogen) atoms. The van der Waals surface area contributed by atoms with E-state index in [1.165, 1.54) is 16.8 Å². The zero-order valence-electron chi connectivity index (χ0n) is 12.5. The number of nitriles is 1. The van der Waals surface area contributed by atoms with Crippen molar-refractivity contribution in [3.05, 3.63) is 53.3 Å². The first-order chi connectivity index (χ1) is 10.9. The lowest BCUT2D eigenvalue weighted by Gasteiger charge is -2.10. The molecule has 0 aliphatic rings. The Bertz CT molecular complexity index is 1050. The molecule has 0 fully saturated rings. The largest absolute Gasteiger partial charge is 0.263 e. The second-order valence-corrected chi connectivity index (χ2v) is 6.79. The summed E-state index contributed by atoms with van der Waals surface area (Å²) >= 11 is 0. The molecule has 0 saturated carbocycles. The van der Waals surface area contributed by atoms with Crippen molar-refractivity contribution in [2.24, 2.45) is 0 Å². The van der Waals surface area contributed by atoms with Gasteiger partial charge in [-0.15, -0.1) is 0 Å². The molecule has 0 spiro atoms. The van der Waals surface area contributed by atoms with Gasteiger partial charge in [-0.25, -0.2) is 13.4 Å². The lowest BCUT2D eigenvalue weighted by Crippen LogP contribution is -2.16. The van der Waals surface area contributed by atoms with E-state index in [0.717, 1.165) is 5.56 Å². The molecule has 2 aromatic heterocycles. The third-order valence-corrected chi connectivity index (χ3v) is 4.61. The number of anilines is 1. The molecule has 7 nitrogen and oxygen atoms in total. The molecule has 3 aromatic rings. The van der Waals surface area contributed by atoms with Crippen LogP contribution < -0.4 is 4.72 Å². The first-order valence-electron chi connectivity index (χ1n) is 6.76. The summed E-state index contributed by atoms with van der Waals surface area (Å²) in [4.78, 5) is 4.39. The number of nitrogens with one attached hydrogen (secondary N) is 1. The van der Waals surface area contributed by atoms with E-state index in [0.29, 0.717) is 11.3 Å². The minimum atomic E-state index is -3.76. The number of benzene rings is 1. The highest BCUT2D eigenvalue weighted by atomic mass is 32.2. The standard InChI is InChI=1S/C15H13N5O2S/c1-10-4-3-5-13(6-10)23(21,22)19-14-7-11(2)18-15-12(8-16)9-17-20(14)15/h3-7,9,19H,1-2H3. The van der Waals surface area contributed by atoms with Crippen molar-refractivity contribution in [1.29, 1.82) is 5.26 Å². The van der Waals surface area contributed by atoms with Crippen LogP contribution in [0.15, 0.2) is 41.4 Å². The molecule has 3 rings (SSSR count). The Labute approximate surface area is 133 Å². The van der Waals surface area contributed by atoms with Crippen molar-refractivity contribution in [1.82, 2.24) is 14.6 Å². The van der Waals surface area contributed by atoms with Gasteiger partial charge in [-0.1, -0.05) is 12.1 Å². The van der Waals surface area contributed by atoms with Crippen molar-refractivity contribution in [2.75, 3.05) is 4.72 Å². The lowest BCUT2D eigenvalue weighted by molar-refractivity contribution is 0.600. The summed E-state index contributed by atoms with van der Waals surface area (Å²) in [7, 11) is -3.76. The Kier molecular flexibility index (Phi) is 3.50. The van der Waals surface area contributed by atoms with Crippen molar-refractivity contribution in [3.63, 3.8) is 0 Å². The molecule has 0 unspecified atom stereocenters. The predicted octanol–water partition coefficient (Wildman–Crippen LogP) is 2.02. The van der Waals surface area contributed by atoms with E-state index in [9.17, 15) is 8.42 Å². The highest BCUT2D eigenvalue weighted by molar-refractivity contribution is 7.92. The monoisotopic (exact) mass is 327 g/mol. The average molecular weight is 327 g/mol. The van der Waals surface area contributed by atoms with E-state index in [1.54, 1.807) is 25.1 Å². The zero-order chi connectivity index (χ0) is 16.6. The van der Waals surface area contributed by atoms with Gasteiger partial charge in [0.15, 0.2) is 5.65 Å². The van der Waals surface area contributed by atoms with Crippen LogP contribution in [0, 0.1) is 25.2 Å². The Morgan fingerprint density at radius 2 is 2.04 bits per heavy atom. The van der Waals surface area contributed by atoms with Crippen LogP contribution in [-0.2, 0) is 10.0 Å². The van der Waals surface area contributed by atoms with Crippen molar-refractivity contribution in [2.45, 2.75) is 18.7 Å². The molecule has 0 aliphatic heterocycles. The minimum absolute atomic E-state index is 0.160. The Balaban J connectivity index is 2.11. The summed E-state index contributed by atoms with van der Waals surface area (Å²) in [6, 6.07) is 10.1. The van der Waals surface area contributed by atoms with Gasteiger partial charge in [-0.2, -0.15) is 14.9 Å². The first-order valence-corrected chi connectivity index (χ1v) is 8.24. The fourth-order valence-corrected chi connectivity index (χ4v) is 3.35. The lowest BCUT2D eigenvalue weighted by atomic mass is 10.2. The van der Waals surface area contributed by atoms with Gasteiger partial charge in [0.05, 0.1) is 11.1 Å². The number of sulfonamides is 1. The molecular formula is C15H13N5O2S. The highest BCUT2D eigenvalue weighted by Gasteiger charge is 2.18. The molecule has 0 aliphatic carbocycles. The quantitative estimate of drug-likeness (QED) is 0.793. The van der Waals surface area contributed by atoms with E-state index < -0.39 is 10.0 Å². The summed E-state index contributed by atoms with van der Waals surface area (Å²) in [6.07, 6.45) is 1.35. The minimum Gasteiger partial charge on any atom is -0.263 e. The molecular weight excluding hydrogens is 314 g/mol. The van der Waals surface area contributed by atoms with Gasteiger partial charge in [-0.3, -0.25) is 4.72 Å². The zero-order valence-corrected chi connectivity index (χ0v) is 13.3. The van der Waals surface area contributed by atoms with E-state index in [1.807, 2.05) is 19.1 Å². The number of hydrogen-bond donors (Lipinski definition) is 1. The number of nitrogens with zero attached hydrogens (tertiary/aromatic N) is 4. The Morgan fingerprint density at radius 1 is 1.26 bits per heavy atom. The maximum Gasteiger partial charge on any atom is 0.263 e. The summed E-state index contributed by atoms with van der Waals surface area (Å²) < 4.78 is 28.9. The normalized spacial score (nSPS) is 11.3. The molecule has 2 heterocycles. The molecule has 1 N–H and O–H groups in total. The molecule has 0 amide bonds. The molecule has 0 bridgehead atoms. The molecule has 116 valence electrons. The van der Waals surface area contributed by atoms with E-state index in [2.05, 4.69) is 14.8 Å². The average Bonchev–Trinajstić information content (AvgIpc) is 2.90. The van der Waals surface area contributed by atoms with Gasteiger partial charge >= 0.3 is 0 Å². The first kappa shape index (κ1) is 15.0. The second kappa shape index (κ2) is 5.37. The molecule has 8 heteroatoms. The fourth-order valence-electron chi connectivity index (χ4n) is 2.21. The topological polar surface area (TPSA) is 100 Å². The fraction of sp³-hybridized carbons (Fsp3) is 0.133. The second-order valence-electron chi connectivity index (χ2n) is 5.11. The maximum absolute atomic E-state index is 12.5. The summed E-state index contributed by atoms with van der Waals surface area (Å²) in [5.41, 5.74) is 2.02. The van der Waals surface area contributed by atoms with Crippen LogP contribution in [0.3, 0.4) is 0 Å². The smallest absolute Gasteiger partial charge is 0.263 e. The highest BCUT2D eigenvalue weighted by Crippen LogP contribution is 2.20. The molecule has 0 atom stereocenters. The van der Waals surface area contributed by atoms with Crippen LogP contribution in [0.25, 0.3) is 5.65 Å². The van der Waals surface area contributed by atoms with Gasteiger partial charge in [0.1, 0.15) is 17.5 Å². The molecule has 0 radical (unpaired) electrons. The van der Waals surface area contributed by atoms with Gasteiger partial charge in [0, 0.05) is 11.8 Å². The van der Waals surface area contributed by atoms with Crippen LogP contribution in [0.4, 0.5) is 5.82 Å². The summed E-state index contributed by atoms with van der Waals surface area (Å²) in [6.45, 7) is 3.54. The van der Waals surface area contributed by atoms with Crippen molar-refractivity contribution < 1.29 is 8.42 Å². The SMILES string of the molecule is Cc1cccc(S(=O)(=O)Nc2cc(C)nc3c(C#N)cnn23)c1. The van der Waals surface area contributed by atoms with E-state index >= 15 is 0 Å². The summed E-state index contributed by atoms with van der Waals surface area (Å²) in [5.74, 6) is 0.232. The molecule has 1 aromatic carbocycles. The third kappa shape index (κ3) is 2.74. The number of fused-ring (bicyclic) bond motifs is 1. The van der Waals surface area contributed by atoms with Crippen LogP contribution in [0.5, 0.6) is 0 Å². The van der Waals surface area contributed by atoms with Crippen LogP contribution in [0.1, 0.15) is 16.8 Å². The Morgan fingerprint density at radius 3 is 2.74 bits per heavy atom. The van der Waals surface area contributed by atoms with Gasteiger partial charge < -0.3 is 0 Å². The van der Waals surface area contributed by atoms with E-state index in [4.69, 9.17) is 5.26 Å². The number of rotatable bonds is 3. The van der Waals surface area contributed by atoms with Crippen LogP contribution in [0.2, 0.25) is 0 Å². The van der Waals surface area contributed by atoms with Crippen LogP contribution >= 0.6 is 0 Å². The number of hydrogen-bond acceptors (Lipinski definition) is 5. The van der Waals surface area contributed by atoms with E-state index in [-0.39, 0.29) is 16.3 Å². The summed E-state index contributed by atoms with van der Waals surface area (Å²) in [5, 5.41) is 13.1. The predicted molar refractivity (Wildman–Crippen MR) is 84.4 cm³/mol. The van der Waals surface area contributed by atoms with Crippen molar-refractivity contribution >= 4 is 21.5 Å². The van der Waals surface area contributed by atoms with Crippen LogP contribution in [-0.4, -0.2) is 23.0 Å². The number of aryl methyl sites for hydroxylation is 2. The van der Waals surface area contributed by atoms with Gasteiger partial charge in [-0.05, 0) is 31.5 Å².